The van der Waals surface area contributed by atoms with Crippen molar-refractivity contribution in [1.29, 1.82) is 0 Å². The minimum Gasteiger partial charge on any atom is -0.339 e. The minimum absolute atomic E-state index is 0.0390. The Kier molecular flexibility index (Phi) is 5.33. The van der Waals surface area contributed by atoms with Crippen LogP contribution in [0, 0.1) is 0 Å². The Morgan fingerprint density at radius 3 is 2.62 bits per heavy atom. The monoisotopic (exact) mass is 289 g/mol. The number of nitrogens with one attached hydrogen (secondary N) is 2. The van der Waals surface area contributed by atoms with Crippen molar-refractivity contribution in [1.82, 2.24) is 10.2 Å². The molecule has 21 heavy (non-hydrogen) atoms. The van der Waals surface area contributed by atoms with E-state index in [0.717, 1.165) is 25.9 Å². The summed E-state index contributed by atoms with van der Waals surface area (Å²) in [7, 11) is 1.96. The number of benzene rings is 1. The summed E-state index contributed by atoms with van der Waals surface area (Å²) < 4.78 is 0. The van der Waals surface area contributed by atoms with E-state index in [1.807, 2.05) is 11.9 Å². The fraction of sp³-hybridized carbons (Fsp3) is 0.500. The van der Waals surface area contributed by atoms with Gasteiger partial charge in [-0.3, -0.25) is 9.59 Å². The average Bonchev–Trinajstić information content (AvgIpc) is 2.54. The van der Waals surface area contributed by atoms with Crippen molar-refractivity contribution >= 4 is 17.5 Å². The highest BCUT2D eigenvalue weighted by Gasteiger charge is 2.22. The number of carbonyl (C=O) groups is 2. The molecule has 0 saturated carbocycles. The number of hydrogen-bond donors (Lipinski definition) is 2. The van der Waals surface area contributed by atoms with Crippen molar-refractivity contribution < 1.29 is 9.59 Å². The van der Waals surface area contributed by atoms with E-state index in [9.17, 15) is 9.59 Å². The quantitative estimate of drug-likeness (QED) is 0.889. The Morgan fingerprint density at radius 1 is 1.29 bits per heavy atom. The molecule has 0 bridgehead atoms. The maximum atomic E-state index is 12.5. The van der Waals surface area contributed by atoms with Crippen LogP contribution in [-0.2, 0) is 4.79 Å². The molecule has 1 heterocycles. The lowest BCUT2D eigenvalue weighted by Crippen LogP contribution is -2.43. The Bertz CT molecular complexity index is 508. The van der Waals surface area contributed by atoms with Crippen LogP contribution >= 0.6 is 0 Å². The minimum atomic E-state index is -0.0468. The van der Waals surface area contributed by atoms with Crippen LogP contribution in [-0.4, -0.2) is 42.9 Å². The summed E-state index contributed by atoms with van der Waals surface area (Å²) in [6.07, 6.45) is 2.39. The molecule has 114 valence electrons. The van der Waals surface area contributed by atoms with Gasteiger partial charge in [-0.15, -0.1) is 0 Å². The normalized spacial score (nSPS) is 15.8. The van der Waals surface area contributed by atoms with E-state index >= 15 is 0 Å². The first kappa shape index (κ1) is 15.5. The van der Waals surface area contributed by atoms with Gasteiger partial charge in [0, 0.05) is 36.8 Å². The predicted molar refractivity (Wildman–Crippen MR) is 83.3 cm³/mol. The number of hydrogen-bond acceptors (Lipinski definition) is 3. The van der Waals surface area contributed by atoms with E-state index in [-0.39, 0.29) is 11.8 Å². The molecule has 0 unspecified atom stereocenters. The lowest BCUT2D eigenvalue weighted by Gasteiger charge is -2.32. The summed E-state index contributed by atoms with van der Waals surface area (Å²) in [4.78, 5) is 25.8. The first-order valence-corrected chi connectivity index (χ1v) is 7.50. The number of amides is 2. The van der Waals surface area contributed by atoms with Gasteiger partial charge in [0.1, 0.15) is 0 Å². The molecule has 0 aliphatic carbocycles. The number of nitrogens with zero attached hydrogens (tertiary/aromatic N) is 1. The molecular weight excluding hydrogens is 266 g/mol. The van der Waals surface area contributed by atoms with Gasteiger partial charge >= 0.3 is 0 Å². The zero-order valence-electron chi connectivity index (χ0n) is 12.7. The Hall–Kier alpha value is -1.88. The van der Waals surface area contributed by atoms with Crippen molar-refractivity contribution in [2.45, 2.75) is 32.2 Å². The molecule has 1 saturated heterocycles. The fourth-order valence-corrected chi connectivity index (χ4v) is 2.53. The van der Waals surface area contributed by atoms with Gasteiger partial charge in [0.05, 0.1) is 0 Å². The van der Waals surface area contributed by atoms with Crippen molar-refractivity contribution in [2.75, 3.05) is 25.5 Å². The molecule has 1 aromatic rings. The van der Waals surface area contributed by atoms with Crippen molar-refractivity contribution in [2.24, 2.45) is 0 Å². The summed E-state index contributed by atoms with van der Waals surface area (Å²) in [5.74, 6) is -0.00779. The Morgan fingerprint density at radius 2 is 2.00 bits per heavy atom. The second-order valence-corrected chi connectivity index (χ2v) is 5.34. The first-order valence-electron chi connectivity index (χ1n) is 7.50. The average molecular weight is 289 g/mol. The summed E-state index contributed by atoms with van der Waals surface area (Å²) in [6.45, 7) is 3.35. The zero-order chi connectivity index (χ0) is 15.2. The Balaban J connectivity index is 2.02. The molecule has 0 atom stereocenters. The summed E-state index contributed by atoms with van der Waals surface area (Å²) in [6, 6.07) is 7.66. The summed E-state index contributed by atoms with van der Waals surface area (Å²) >= 11 is 0. The van der Waals surface area contributed by atoms with Gasteiger partial charge in [0.25, 0.3) is 5.91 Å². The van der Waals surface area contributed by atoms with Crippen LogP contribution in [0.2, 0.25) is 0 Å². The number of rotatable bonds is 4. The van der Waals surface area contributed by atoms with Crippen LogP contribution in [0.4, 0.5) is 5.69 Å². The SMILES string of the molecule is CCC(=O)Nc1cccc(C(=O)N2CCC(NC)CC2)c1. The molecule has 0 spiro atoms. The second kappa shape index (κ2) is 7.22. The third-order valence-electron chi connectivity index (χ3n) is 3.90. The second-order valence-electron chi connectivity index (χ2n) is 5.34. The lowest BCUT2D eigenvalue weighted by atomic mass is 10.0. The number of anilines is 1. The van der Waals surface area contributed by atoms with E-state index in [2.05, 4.69) is 10.6 Å². The number of likely N-dealkylation sites (tertiary alicyclic amines) is 1. The van der Waals surface area contributed by atoms with Gasteiger partial charge in [-0.25, -0.2) is 0 Å². The topological polar surface area (TPSA) is 61.4 Å². The highest BCUT2D eigenvalue weighted by molar-refractivity contribution is 5.97. The highest BCUT2D eigenvalue weighted by atomic mass is 16.2. The van der Waals surface area contributed by atoms with E-state index in [0.29, 0.717) is 23.7 Å². The van der Waals surface area contributed by atoms with Crippen LogP contribution in [0.3, 0.4) is 0 Å². The van der Waals surface area contributed by atoms with Gasteiger partial charge in [-0.1, -0.05) is 13.0 Å². The summed E-state index contributed by atoms with van der Waals surface area (Å²) in [5, 5.41) is 6.04. The van der Waals surface area contributed by atoms with Gasteiger partial charge in [0.2, 0.25) is 5.91 Å². The molecule has 2 amide bonds. The van der Waals surface area contributed by atoms with Crippen LogP contribution in [0.5, 0.6) is 0 Å². The molecule has 1 aliphatic rings. The lowest BCUT2D eigenvalue weighted by molar-refractivity contribution is -0.115. The number of carbonyl (C=O) groups excluding carboxylic acids is 2. The maximum Gasteiger partial charge on any atom is 0.253 e. The molecule has 2 N–H and O–H groups in total. The molecule has 5 heteroatoms. The van der Waals surface area contributed by atoms with Crippen molar-refractivity contribution in [3.63, 3.8) is 0 Å². The molecule has 1 fully saturated rings. The zero-order valence-corrected chi connectivity index (χ0v) is 12.7. The van der Waals surface area contributed by atoms with Crippen molar-refractivity contribution in [3.05, 3.63) is 29.8 Å². The summed E-state index contributed by atoms with van der Waals surface area (Å²) in [5.41, 5.74) is 1.31. The molecule has 0 radical (unpaired) electrons. The Labute approximate surface area is 125 Å². The van der Waals surface area contributed by atoms with Gasteiger partial charge < -0.3 is 15.5 Å². The molecular formula is C16H23N3O2. The molecule has 2 rings (SSSR count). The van der Waals surface area contributed by atoms with Crippen LogP contribution < -0.4 is 10.6 Å². The largest absolute Gasteiger partial charge is 0.339 e. The third kappa shape index (κ3) is 4.04. The number of piperidine rings is 1. The van der Waals surface area contributed by atoms with Gasteiger partial charge in [-0.05, 0) is 38.1 Å². The van der Waals surface area contributed by atoms with Crippen molar-refractivity contribution in [3.8, 4) is 0 Å². The first-order chi connectivity index (χ1) is 10.1. The van der Waals surface area contributed by atoms with Crippen LogP contribution in [0.25, 0.3) is 0 Å². The molecule has 5 nitrogen and oxygen atoms in total. The third-order valence-corrected chi connectivity index (χ3v) is 3.90. The molecule has 1 aliphatic heterocycles. The molecule has 0 aromatic heterocycles. The maximum absolute atomic E-state index is 12.5. The van der Waals surface area contributed by atoms with Gasteiger partial charge in [-0.2, -0.15) is 0 Å². The van der Waals surface area contributed by atoms with E-state index in [1.165, 1.54) is 0 Å². The van der Waals surface area contributed by atoms with Crippen LogP contribution in [0.15, 0.2) is 24.3 Å². The van der Waals surface area contributed by atoms with E-state index in [1.54, 1.807) is 31.2 Å². The highest BCUT2D eigenvalue weighted by Crippen LogP contribution is 2.16. The standard InChI is InChI=1S/C16H23N3O2/c1-3-15(20)18-14-6-4-5-12(11-14)16(21)19-9-7-13(17-2)8-10-19/h4-6,11,13,17H,3,7-10H2,1-2H3,(H,18,20). The fourth-order valence-electron chi connectivity index (χ4n) is 2.53. The van der Waals surface area contributed by atoms with E-state index < -0.39 is 0 Å². The van der Waals surface area contributed by atoms with Gasteiger partial charge in [0.15, 0.2) is 0 Å². The van der Waals surface area contributed by atoms with E-state index in [4.69, 9.17) is 0 Å². The van der Waals surface area contributed by atoms with Crippen LogP contribution in [0.1, 0.15) is 36.5 Å². The smallest absolute Gasteiger partial charge is 0.253 e. The predicted octanol–water partition coefficient (Wildman–Crippen LogP) is 1.86. The molecule has 1 aromatic carbocycles.